The number of fused-ring (bicyclic) bond motifs is 1. The molecule has 0 bridgehead atoms. The van der Waals surface area contributed by atoms with Crippen molar-refractivity contribution in [3.05, 3.63) is 24.3 Å². The van der Waals surface area contributed by atoms with E-state index in [1.807, 2.05) is 30.7 Å². The van der Waals surface area contributed by atoms with Gasteiger partial charge >= 0.3 is 0 Å². The monoisotopic (exact) mass is 191 g/mol. The predicted molar refractivity (Wildman–Crippen MR) is 53.9 cm³/mol. The standard InChI is InChI=1S/C10H13N3O/c1-3-14-7-13-5-4-9-8(2)11-6-12-10(9)13/h4-6H,3,7H2,1-2H3. The Hall–Kier alpha value is -1.42. The number of aromatic nitrogens is 3. The molecule has 2 heterocycles. The summed E-state index contributed by atoms with van der Waals surface area (Å²) in [5.74, 6) is 0. The maximum Gasteiger partial charge on any atom is 0.145 e. The molecule has 0 saturated carbocycles. The molecule has 74 valence electrons. The van der Waals surface area contributed by atoms with Crippen LogP contribution in [-0.2, 0) is 11.5 Å². The van der Waals surface area contributed by atoms with Crippen LogP contribution in [0.1, 0.15) is 12.6 Å². The highest BCUT2D eigenvalue weighted by Gasteiger charge is 2.04. The van der Waals surface area contributed by atoms with E-state index >= 15 is 0 Å². The van der Waals surface area contributed by atoms with Crippen LogP contribution >= 0.6 is 0 Å². The third kappa shape index (κ3) is 1.48. The molecule has 0 atom stereocenters. The van der Waals surface area contributed by atoms with Crippen molar-refractivity contribution in [1.82, 2.24) is 14.5 Å². The van der Waals surface area contributed by atoms with E-state index in [9.17, 15) is 0 Å². The van der Waals surface area contributed by atoms with E-state index < -0.39 is 0 Å². The first-order valence-corrected chi connectivity index (χ1v) is 4.67. The van der Waals surface area contributed by atoms with Gasteiger partial charge in [0, 0.05) is 18.2 Å². The minimum absolute atomic E-state index is 0.552. The quantitative estimate of drug-likeness (QED) is 0.741. The van der Waals surface area contributed by atoms with Crippen LogP contribution in [-0.4, -0.2) is 21.1 Å². The molecule has 0 spiro atoms. The summed E-state index contributed by atoms with van der Waals surface area (Å²) in [6.07, 6.45) is 3.56. The van der Waals surface area contributed by atoms with Gasteiger partial charge in [-0.25, -0.2) is 9.97 Å². The first-order chi connectivity index (χ1) is 6.83. The van der Waals surface area contributed by atoms with Crippen molar-refractivity contribution in [2.24, 2.45) is 0 Å². The molecule has 0 aliphatic carbocycles. The Morgan fingerprint density at radius 2 is 2.29 bits per heavy atom. The van der Waals surface area contributed by atoms with E-state index in [1.54, 1.807) is 6.33 Å². The highest BCUT2D eigenvalue weighted by Crippen LogP contribution is 2.14. The minimum atomic E-state index is 0.552. The fourth-order valence-corrected chi connectivity index (χ4v) is 1.42. The van der Waals surface area contributed by atoms with Gasteiger partial charge in [0.1, 0.15) is 18.7 Å². The maximum absolute atomic E-state index is 5.33. The van der Waals surface area contributed by atoms with Gasteiger partial charge in [0.15, 0.2) is 0 Å². The van der Waals surface area contributed by atoms with Crippen molar-refractivity contribution < 1.29 is 4.74 Å². The van der Waals surface area contributed by atoms with Gasteiger partial charge in [0.2, 0.25) is 0 Å². The van der Waals surface area contributed by atoms with Crippen LogP contribution < -0.4 is 0 Å². The third-order valence-electron chi connectivity index (χ3n) is 2.19. The van der Waals surface area contributed by atoms with Gasteiger partial charge in [-0.15, -0.1) is 0 Å². The third-order valence-corrected chi connectivity index (χ3v) is 2.19. The molecule has 14 heavy (non-hydrogen) atoms. The molecule has 0 N–H and O–H groups in total. The largest absolute Gasteiger partial charge is 0.361 e. The van der Waals surface area contributed by atoms with Crippen LogP contribution in [0.15, 0.2) is 18.6 Å². The lowest BCUT2D eigenvalue weighted by molar-refractivity contribution is 0.0905. The summed E-state index contributed by atoms with van der Waals surface area (Å²) >= 11 is 0. The van der Waals surface area contributed by atoms with Crippen molar-refractivity contribution in [2.45, 2.75) is 20.6 Å². The van der Waals surface area contributed by atoms with Gasteiger partial charge in [-0.05, 0) is 19.9 Å². The second-order valence-electron chi connectivity index (χ2n) is 3.10. The summed E-state index contributed by atoms with van der Waals surface area (Å²) in [6.45, 7) is 5.22. The normalized spacial score (nSPS) is 11.0. The number of hydrogen-bond donors (Lipinski definition) is 0. The fraction of sp³-hybridized carbons (Fsp3) is 0.400. The van der Waals surface area contributed by atoms with E-state index in [-0.39, 0.29) is 0 Å². The molecule has 0 amide bonds. The minimum Gasteiger partial charge on any atom is -0.361 e. The van der Waals surface area contributed by atoms with Crippen LogP contribution in [0.2, 0.25) is 0 Å². The average Bonchev–Trinajstić information content (AvgIpc) is 2.60. The summed E-state index contributed by atoms with van der Waals surface area (Å²) in [5, 5.41) is 1.09. The summed E-state index contributed by atoms with van der Waals surface area (Å²) in [4.78, 5) is 8.36. The Bertz CT molecular complexity index is 436. The topological polar surface area (TPSA) is 39.9 Å². The van der Waals surface area contributed by atoms with E-state index in [1.165, 1.54) is 0 Å². The molecule has 0 radical (unpaired) electrons. The van der Waals surface area contributed by atoms with E-state index in [2.05, 4.69) is 9.97 Å². The molecular formula is C10H13N3O. The lowest BCUT2D eigenvalue weighted by Crippen LogP contribution is -2.01. The number of hydrogen-bond acceptors (Lipinski definition) is 3. The molecule has 2 rings (SSSR count). The predicted octanol–water partition coefficient (Wildman–Crippen LogP) is 1.73. The van der Waals surface area contributed by atoms with E-state index in [0.717, 1.165) is 16.7 Å². The summed E-state index contributed by atoms with van der Waals surface area (Å²) in [5.41, 5.74) is 1.94. The Labute approximate surface area is 82.5 Å². The molecule has 4 heteroatoms. The molecule has 2 aromatic rings. The number of ether oxygens (including phenoxy) is 1. The van der Waals surface area contributed by atoms with Gasteiger partial charge in [-0.1, -0.05) is 0 Å². The summed E-state index contributed by atoms with van der Waals surface area (Å²) in [6, 6.07) is 2.02. The Kier molecular flexibility index (Phi) is 2.45. The maximum atomic E-state index is 5.33. The number of rotatable bonds is 3. The number of nitrogens with zero attached hydrogens (tertiary/aromatic N) is 3. The zero-order valence-electron chi connectivity index (χ0n) is 8.40. The molecule has 0 unspecified atom stereocenters. The second-order valence-corrected chi connectivity index (χ2v) is 3.10. The lowest BCUT2D eigenvalue weighted by Gasteiger charge is -2.03. The van der Waals surface area contributed by atoms with Gasteiger partial charge in [-0.3, -0.25) is 0 Å². The molecule has 0 aromatic carbocycles. The molecule has 4 nitrogen and oxygen atoms in total. The van der Waals surface area contributed by atoms with Gasteiger partial charge in [0.05, 0.1) is 5.69 Å². The Morgan fingerprint density at radius 1 is 1.43 bits per heavy atom. The zero-order valence-corrected chi connectivity index (χ0v) is 8.40. The van der Waals surface area contributed by atoms with Crippen LogP contribution in [0.25, 0.3) is 11.0 Å². The number of aryl methyl sites for hydroxylation is 1. The van der Waals surface area contributed by atoms with Gasteiger partial charge in [0.25, 0.3) is 0 Å². The molecule has 0 aliphatic rings. The van der Waals surface area contributed by atoms with E-state index in [0.29, 0.717) is 13.3 Å². The SMILES string of the molecule is CCOCn1ccc2c(C)ncnc21. The van der Waals surface area contributed by atoms with Crippen LogP contribution in [0, 0.1) is 6.92 Å². The zero-order chi connectivity index (χ0) is 9.97. The van der Waals surface area contributed by atoms with Crippen LogP contribution in [0.4, 0.5) is 0 Å². The second kappa shape index (κ2) is 3.75. The lowest BCUT2D eigenvalue weighted by atomic mass is 10.3. The molecule has 0 saturated heterocycles. The van der Waals surface area contributed by atoms with Crippen molar-refractivity contribution in [3.8, 4) is 0 Å². The van der Waals surface area contributed by atoms with Crippen molar-refractivity contribution in [2.75, 3.05) is 6.61 Å². The van der Waals surface area contributed by atoms with Crippen LogP contribution in [0.3, 0.4) is 0 Å². The highest BCUT2D eigenvalue weighted by molar-refractivity contribution is 5.78. The van der Waals surface area contributed by atoms with Crippen molar-refractivity contribution in [3.63, 3.8) is 0 Å². The summed E-state index contributed by atoms with van der Waals surface area (Å²) < 4.78 is 7.31. The first kappa shape index (κ1) is 9.15. The van der Waals surface area contributed by atoms with Crippen LogP contribution in [0.5, 0.6) is 0 Å². The van der Waals surface area contributed by atoms with Crippen molar-refractivity contribution in [1.29, 1.82) is 0 Å². The highest BCUT2D eigenvalue weighted by atomic mass is 16.5. The van der Waals surface area contributed by atoms with Gasteiger partial charge < -0.3 is 9.30 Å². The average molecular weight is 191 g/mol. The van der Waals surface area contributed by atoms with Gasteiger partial charge in [-0.2, -0.15) is 0 Å². The summed E-state index contributed by atoms with van der Waals surface area (Å²) in [7, 11) is 0. The molecule has 0 aliphatic heterocycles. The first-order valence-electron chi connectivity index (χ1n) is 4.67. The fourth-order valence-electron chi connectivity index (χ4n) is 1.42. The van der Waals surface area contributed by atoms with E-state index in [4.69, 9.17) is 4.74 Å². The molecular weight excluding hydrogens is 178 g/mol. The molecule has 2 aromatic heterocycles. The Balaban J connectivity index is 2.42. The smallest absolute Gasteiger partial charge is 0.145 e. The molecule has 0 fully saturated rings. The van der Waals surface area contributed by atoms with Crippen molar-refractivity contribution >= 4 is 11.0 Å². The Morgan fingerprint density at radius 3 is 3.07 bits per heavy atom.